The van der Waals surface area contributed by atoms with Crippen molar-refractivity contribution in [3.05, 3.63) is 70.6 Å². The van der Waals surface area contributed by atoms with Crippen molar-refractivity contribution in [2.75, 3.05) is 12.0 Å². The molecule has 1 N–H and O–H groups in total. The Morgan fingerprint density at radius 1 is 1.16 bits per heavy atom. The first-order chi connectivity index (χ1) is 15.0. The number of carbonyl (C=O) groups is 2. The van der Waals surface area contributed by atoms with Crippen LogP contribution in [0.3, 0.4) is 0 Å². The van der Waals surface area contributed by atoms with Crippen LogP contribution in [-0.4, -0.2) is 29.1 Å². The lowest BCUT2D eigenvalue weighted by Crippen LogP contribution is -2.22. The first-order valence-corrected chi connectivity index (χ1v) is 11.0. The average molecular weight is 451 g/mol. The second kappa shape index (κ2) is 9.15. The van der Waals surface area contributed by atoms with Gasteiger partial charge >= 0.3 is 0 Å². The molecule has 2 aromatic carbocycles. The maximum atomic E-state index is 12.3. The van der Waals surface area contributed by atoms with Crippen LogP contribution >= 0.6 is 23.1 Å². The summed E-state index contributed by atoms with van der Waals surface area (Å²) in [6.07, 6.45) is 1.69. The summed E-state index contributed by atoms with van der Waals surface area (Å²) in [4.78, 5) is 35.6. The number of aliphatic imine (C=N–C) groups is 1. The van der Waals surface area contributed by atoms with Gasteiger partial charge in [0.1, 0.15) is 5.75 Å². The third kappa shape index (κ3) is 4.84. The molecule has 1 aromatic heterocycles. The van der Waals surface area contributed by atoms with Gasteiger partial charge in [-0.3, -0.25) is 14.5 Å². The largest absolute Gasteiger partial charge is 0.497 e. The molecular weight excluding hydrogens is 432 g/mol. The number of nitrogens with one attached hydrogen (secondary N) is 1. The van der Waals surface area contributed by atoms with Gasteiger partial charge in [-0.2, -0.15) is 0 Å². The van der Waals surface area contributed by atoms with Crippen LogP contribution in [0.5, 0.6) is 5.75 Å². The van der Waals surface area contributed by atoms with Gasteiger partial charge in [0.2, 0.25) is 5.91 Å². The van der Waals surface area contributed by atoms with E-state index in [-0.39, 0.29) is 11.8 Å². The van der Waals surface area contributed by atoms with Gasteiger partial charge in [-0.05, 0) is 54.2 Å². The summed E-state index contributed by atoms with van der Waals surface area (Å²) in [6.45, 7) is 1.48. The Morgan fingerprint density at radius 2 is 1.90 bits per heavy atom. The van der Waals surface area contributed by atoms with Crippen molar-refractivity contribution in [3.63, 3.8) is 0 Å². The number of benzene rings is 2. The van der Waals surface area contributed by atoms with Gasteiger partial charge in [0.05, 0.1) is 29.1 Å². The Bertz CT molecular complexity index is 1170. The molecule has 0 spiro atoms. The molecule has 0 unspecified atom stereocenters. The molecule has 4 rings (SSSR count). The molecular formula is C22H18N4O3S2. The van der Waals surface area contributed by atoms with Crippen LogP contribution in [0, 0.1) is 0 Å². The number of methoxy groups -OCH3 is 1. The van der Waals surface area contributed by atoms with Crippen LogP contribution < -0.4 is 15.0 Å². The van der Waals surface area contributed by atoms with Gasteiger partial charge in [0.25, 0.3) is 5.91 Å². The van der Waals surface area contributed by atoms with Crippen LogP contribution in [0.1, 0.15) is 12.6 Å². The molecule has 0 aliphatic carbocycles. The predicted molar refractivity (Wildman–Crippen MR) is 125 cm³/mol. The van der Waals surface area contributed by atoms with Gasteiger partial charge in [0.15, 0.2) is 10.3 Å². The third-order valence-corrected chi connectivity index (χ3v) is 6.02. The van der Waals surface area contributed by atoms with E-state index in [0.717, 1.165) is 5.69 Å². The fraction of sp³-hybridized carbons (Fsp3) is 0.0909. The maximum Gasteiger partial charge on any atom is 0.264 e. The Hall–Kier alpha value is -3.43. The van der Waals surface area contributed by atoms with E-state index >= 15 is 0 Å². The number of anilines is 2. The van der Waals surface area contributed by atoms with Gasteiger partial charge in [-0.15, -0.1) is 11.3 Å². The molecule has 1 aliphatic heterocycles. The highest BCUT2D eigenvalue weighted by molar-refractivity contribution is 8.18. The Kier molecular flexibility index (Phi) is 6.15. The monoisotopic (exact) mass is 450 g/mol. The van der Waals surface area contributed by atoms with Crippen molar-refractivity contribution in [1.29, 1.82) is 0 Å². The third-order valence-electron chi connectivity index (χ3n) is 4.26. The van der Waals surface area contributed by atoms with Gasteiger partial charge in [-0.25, -0.2) is 9.98 Å². The second-order valence-corrected chi connectivity index (χ2v) is 8.29. The van der Waals surface area contributed by atoms with Crippen molar-refractivity contribution in [2.45, 2.75) is 6.92 Å². The minimum Gasteiger partial charge on any atom is -0.497 e. The number of amides is 2. The summed E-state index contributed by atoms with van der Waals surface area (Å²) in [5.41, 5.74) is 2.05. The number of aromatic nitrogens is 1. The normalized spacial score (nSPS) is 15.9. The Morgan fingerprint density at radius 3 is 2.58 bits per heavy atom. The molecule has 0 saturated carbocycles. The molecule has 1 saturated heterocycles. The number of para-hydroxylation sites is 1. The van der Waals surface area contributed by atoms with Crippen LogP contribution in [0.25, 0.3) is 6.08 Å². The molecule has 31 heavy (non-hydrogen) atoms. The van der Waals surface area contributed by atoms with E-state index in [9.17, 15) is 9.59 Å². The van der Waals surface area contributed by atoms with E-state index in [1.54, 1.807) is 37.5 Å². The van der Waals surface area contributed by atoms with E-state index < -0.39 is 0 Å². The summed E-state index contributed by atoms with van der Waals surface area (Å²) >= 11 is 2.58. The van der Waals surface area contributed by atoms with E-state index in [0.29, 0.717) is 32.3 Å². The lowest BCUT2D eigenvalue weighted by molar-refractivity contribution is -0.116. The molecule has 1 fully saturated rings. The highest BCUT2D eigenvalue weighted by atomic mass is 32.2. The number of thiazole rings is 1. The molecule has 2 heterocycles. The lowest BCUT2D eigenvalue weighted by atomic mass is 10.3. The number of rotatable bonds is 5. The zero-order valence-electron chi connectivity index (χ0n) is 16.7. The van der Waals surface area contributed by atoms with Crippen LogP contribution in [0.2, 0.25) is 0 Å². The second-order valence-electron chi connectivity index (χ2n) is 6.42. The highest BCUT2D eigenvalue weighted by Crippen LogP contribution is 2.32. The minimum absolute atomic E-state index is 0.163. The first kappa shape index (κ1) is 20.8. The summed E-state index contributed by atoms with van der Waals surface area (Å²) < 4.78 is 5.18. The Labute approximate surface area is 187 Å². The minimum atomic E-state index is -0.229. The van der Waals surface area contributed by atoms with Gasteiger partial charge < -0.3 is 10.1 Å². The number of hydrogen-bond acceptors (Lipinski definition) is 7. The molecule has 9 heteroatoms. The molecule has 0 radical (unpaired) electrons. The fourth-order valence-corrected chi connectivity index (χ4v) is 4.51. The number of hydrogen-bond donors (Lipinski definition) is 1. The van der Waals surface area contributed by atoms with Crippen molar-refractivity contribution in [1.82, 2.24) is 10.3 Å². The van der Waals surface area contributed by atoms with E-state index in [1.165, 1.54) is 34.9 Å². The molecule has 1 aliphatic rings. The van der Waals surface area contributed by atoms with Crippen LogP contribution in [0.4, 0.5) is 16.5 Å². The maximum absolute atomic E-state index is 12.3. The van der Waals surface area contributed by atoms with Crippen molar-refractivity contribution >= 4 is 62.7 Å². The first-order valence-electron chi connectivity index (χ1n) is 9.28. The summed E-state index contributed by atoms with van der Waals surface area (Å²) in [5, 5.41) is 5.60. The zero-order chi connectivity index (χ0) is 21.8. The molecule has 7 nitrogen and oxygen atoms in total. The lowest BCUT2D eigenvalue weighted by Gasteiger charge is -2.18. The quantitative estimate of drug-likeness (QED) is 0.568. The van der Waals surface area contributed by atoms with Crippen molar-refractivity contribution in [2.24, 2.45) is 4.99 Å². The van der Waals surface area contributed by atoms with E-state index in [2.05, 4.69) is 15.3 Å². The predicted octanol–water partition coefficient (Wildman–Crippen LogP) is 4.73. The molecule has 3 aromatic rings. The van der Waals surface area contributed by atoms with E-state index in [4.69, 9.17) is 4.74 Å². The smallest absolute Gasteiger partial charge is 0.264 e. The van der Waals surface area contributed by atoms with Crippen LogP contribution in [-0.2, 0) is 9.59 Å². The zero-order valence-corrected chi connectivity index (χ0v) is 18.4. The fourth-order valence-electron chi connectivity index (χ4n) is 2.84. The van der Waals surface area contributed by atoms with Gasteiger partial charge in [-0.1, -0.05) is 18.2 Å². The molecule has 0 atom stereocenters. The number of ether oxygens (including phenoxy) is 1. The topological polar surface area (TPSA) is 83.9 Å². The van der Waals surface area contributed by atoms with Crippen LogP contribution in [0.15, 0.2) is 69.9 Å². The summed E-state index contributed by atoms with van der Waals surface area (Å²) in [5.74, 6) is 0.311. The van der Waals surface area contributed by atoms with Crippen molar-refractivity contribution in [3.8, 4) is 5.75 Å². The van der Waals surface area contributed by atoms with Gasteiger partial charge in [0, 0.05) is 12.3 Å². The molecule has 0 bridgehead atoms. The number of thioether (sulfide) groups is 1. The molecule has 2 amide bonds. The average Bonchev–Trinajstić information content (AvgIpc) is 3.36. The SMILES string of the molecule is COc1ccc(N(C(C)=O)c2nc(/C=C3\SC(=Nc4ccccc4)NC3=O)cs2)cc1. The summed E-state index contributed by atoms with van der Waals surface area (Å²) in [7, 11) is 1.59. The highest BCUT2D eigenvalue weighted by Gasteiger charge is 2.25. The van der Waals surface area contributed by atoms with E-state index in [1.807, 2.05) is 35.7 Å². The van der Waals surface area contributed by atoms with Crippen molar-refractivity contribution < 1.29 is 14.3 Å². The molecule has 156 valence electrons. The summed E-state index contributed by atoms with van der Waals surface area (Å²) in [6, 6.07) is 16.6. The number of nitrogens with zero attached hydrogens (tertiary/aromatic N) is 3. The number of carbonyl (C=O) groups excluding carboxylic acids is 2. The number of amidine groups is 1. The standard InChI is InChI=1S/C22H18N4O3S2/c1-14(27)26(17-8-10-18(29-2)11-9-17)22-24-16(13-30-22)12-19-20(28)25-21(31-19)23-15-6-4-3-5-7-15/h3-13H,1-2H3,(H,23,25,28)/b19-12-. The Balaban J connectivity index is 1.56.